The van der Waals surface area contributed by atoms with Gasteiger partial charge in [0.15, 0.2) is 5.96 Å². The topological polar surface area (TPSA) is 62.5 Å². The summed E-state index contributed by atoms with van der Waals surface area (Å²) in [7, 11) is 1.78. The maximum atomic E-state index is 4.79. The molecule has 5 nitrogen and oxygen atoms in total. The first-order valence-corrected chi connectivity index (χ1v) is 6.98. The van der Waals surface area contributed by atoms with Gasteiger partial charge in [-0.15, -0.1) is 24.0 Å². The van der Waals surface area contributed by atoms with Gasteiger partial charge in [-0.3, -0.25) is 4.99 Å². The van der Waals surface area contributed by atoms with Gasteiger partial charge in [0, 0.05) is 19.2 Å². The highest BCUT2D eigenvalue weighted by Crippen LogP contribution is 2.08. The van der Waals surface area contributed by atoms with Crippen molar-refractivity contribution in [3.8, 4) is 0 Å². The largest absolute Gasteiger partial charge is 0.364 e. The molecule has 0 saturated heterocycles. The Morgan fingerprint density at radius 1 is 1.35 bits per heavy atom. The molecule has 1 unspecified atom stereocenters. The molecule has 0 spiro atoms. The van der Waals surface area contributed by atoms with Crippen LogP contribution >= 0.6 is 24.0 Å². The van der Waals surface area contributed by atoms with Crippen molar-refractivity contribution < 1.29 is 4.52 Å². The average Bonchev–Trinajstić information content (AvgIpc) is 2.87. The van der Waals surface area contributed by atoms with E-state index in [4.69, 9.17) is 4.52 Å². The van der Waals surface area contributed by atoms with Crippen molar-refractivity contribution in [1.82, 2.24) is 15.8 Å². The SMILES string of the molecule is CN=C(NCc1ccon1)NC(C)CCCC(C)C.I. The van der Waals surface area contributed by atoms with E-state index in [0.717, 1.165) is 24.0 Å². The third-order valence-electron chi connectivity index (χ3n) is 2.95. The van der Waals surface area contributed by atoms with Gasteiger partial charge >= 0.3 is 0 Å². The summed E-state index contributed by atoms with van der Waals surface area (Å²) in [6, 6.07) is 2.26. The van der Waals surface area contributed by atoms with E-state index < -0.39 is 0 Å². The van der Waals surface area contributed by atoms with Crippen molar-refractivity contribution >= 4 is 29.9 Å². The Balaban J connectivity index is 0.00000361. The summed E-state index contributed by atoms with van der Waals surface area (Å²) in [6.45, 7) is 7.32. The van der Waals surface area contributed by atoms with Crippen LogP contribution in [0.1, 0.15) is 45.7 Å². The summed E-state index contributed by atoms with van der Waals surface area (Å²) < 4.78 is 4.79. The van der Waals surface area contributed by atoms with E-state index in [-0.39, 0.29) is 24.0 Å². The lowest BCUT2D eigenvalue weighted by molar-refractivity contribution is 0.410. The maximum absolute atomic E-state index is 4.79. The number of nitrogens with zero attached hydrogens (tertiary/aromatic N) is 2. The van der Waals surface area contributed by atoms with Crippen molar-refractivity contribution in [1.29, 1.82) is 0 Å². The number of rotatable bonds is 7. The molecule has 0 fully saturated rings. The molecule has 1 aromatic rings. The summed E-state index contributed by atoms with van der Waals surface area (Å²) in [4.78, 5) is 4.21. The molecule has 1 atom stereocenters. The molecule has 20 heavy (non-hydrogen) atoms. The third kappa shape index (κ3) is 8.39. The minimum atomic E-state index is 0. The number of aromatic nitrogens is 1. The van der Waals surface area contributed by atoms with Crippen LogP contribution < -0.4 is 10.6 Å². The highest BCUT2D eigenvalue weighted by molar-refractivity contribution is 14.0. The van der Waals surface area contributed by atoms with E-state index in [9.17, 15) is 0 Å². The second kappa shape index (κ2) is 10.9. The predicted molar refractivity (Wildman–Crippen MR) is 93.4 cm³/mol. The summed E-state index contributed by atoms with van der Waals surface area (Å²) in [5, 5.41) is 10.5. The normalized spacial score (nSPS) is 12.9. The number of nitrogens with one attached hydrogen (secondary N) is 2. The minimum Gasteiger partial charge on any atom is -0.364 e. The van der Waals surface area contributed by atoms with Gasteiger partial charge in [-0.2, -0.15) is 0 Å². The molecule has 6 heteroatoms. The molecule has 0 aromatic carbocycles. The summed E-state index contributed by atoms with van der Waals surface area (Å²) in [5.41, 5.74) is 0.871. The fraction of sp³-hybridized carbons (Fsp3) is 0.714. The van der Waals surface area contributed by atoms with Gasteiger partial charge < -0.3 is 15.2 Å². The van der Waals surface area contributed by atoms with Crippen LogP contribution in [0.5, 0.6) is 0 Å². The highest BCUT2D eigenvalue weighted by Gasteiger charge is 2.06. The second-order valence-electron chi connectivity index (χ2n) is 5.29. The standard InChI is InChI=1S/C14H26N4O.HI/c1-11(2)6-5-7-12(3)17-14(15-4)16-10-13-8-9-19-18-13;/h8-9,11-12H,5-7,10H2,1-4H3,(H2,15,16,17);1H. The minimum absolute atomic E-state index is 0. The van der Waals surface area contributed by atoms with Gasteiger partial charge in [-0.05, 0) is 19.3 Å². The first-order valence-electron chi connectivity index (χ1n) is 6.98. The molecular weight excluding hydrogens is 367 g/mol. The van der Waals surface area contributed by atoms with Gasteiger partial charge in [0.2, 0.25) is 0 Å². The van der Waals surface area contributed by atoms with Crippen molar-refractivity contribution in [3.05, 3.63) is 18.0 Å². The second-order valence-corrected chi connectivity index (χ2v) is 5.29. The van der Waals surface area contributed by atoms with E-state index in [0.29, 0.717) is 12.6 Å². The zero-order valence-corrected chi connectivity index (χ0v) is 15.2. The molecule has 0 amide bonds. The zero-order valence-electron chi connectivity index (χ0n) is 12.8. The third-order valence-corrected chi connectivity index (χ3v) is 2.95. The van der Waals surface area contributed by atoms with Crippen LogP contribution in [0.2, 0.25) is 0 Å². The van der Waals surface area contributed by atoms with Crippen molar-refractivity contribution in [2.45, 2.75) is 52.6 Å². The van der Waals surface area contributed by atoms with Gasteiger partial charge in [0.05, 0.1) is 6.54 Å². The van der Waals surface area contributed by atoms with Crippen LogP contribution in [0.15, 0.2) is 21.8 Å². The molecule has 1 heterocycles. The molecule has 0 aliphatic carbocycles. The Kier molecular flexibility index (Phi) is 10.5. The van der Waals surface area contributed by atoms with Gasteiger partial charge in [-0.25, -0.2) is 0 Å². The Morgan fingerprint density at radius 2 is 2.10 bits per heavy atom. The molecule has 0 aliphatic heterocycles. The van der Waals surface area contributed by atoms with Crippen molar-refractivity contribution in [2.75, 3.05) is 7.05 Å². The smallest absolute Gasteiger partial charge is 0.191 e. The average molecular weight is 394 g/mol. The molecule has 0 saturated carbocycles. The van der Waals surface area contributed by atoms with Crippen LogP contribution in [-0.4, -0.2) is 24.2 Å². The highest BCUT2D eigenvalue weighted by atomic mass is 127. The lowest BCUT2D eigenvalue weighted by Gasteiger charge is -2.17. The Bertz CT molecular complexity index is 365. The number of guanidine groups is 1. The number of aliphatic imine (C=N–C) groups is 1. The molecular formula is C14H27IN4O. The quantitative estimate of drug-likeness (QED) is 0.424. The summed E-state index contributed by atoms with van der Waals surface area (Å²) in [5.74, 6) is 1.58. The van der Waals surface area contributed by atoms with Crippen molar-refractivity contribution in [3.63, 3.8) is 0 Å². The van der Waals surface area contributed by atoms with E-state index in [2.05, 4.69) is 41.6 Å². The van der Waals surface area contributed by atoms with Crippen LogP contribution in [-0.2, 0) is 6.54 Å². The molecule has 0 radical (unpaired) electrons. The molecule has 1 rings (SSSR count). The molecule has 116 valence electrons. The van der Waals surface area contributed by atoms with E-state index in [1.54, 1.807) is 13.3 Å². The van der Waals surface area contributed by atoms with Gasteiger partial charge in [-0.1, -0.05) is 31.8 Å². The van der Waals surface area contributed by atoms with Crippen LogP contribution in [0.25, 0.3) is 0 Å². The number of hydrogen-bond acceptors (Lipinski definition) is 3. The predicted octanol–water partition coefficient (Wildman–Crippen LogP) is 3.17. The zero-order chi connectivity index (χ0) is 14.1. The number of hydrogen-bond donors (Lipinski definition) is 2. The first kappa shape index (κ1) is 19.2. The lowest BCUT2D eigenvalue weighted by atomic mass is 10.0. The van der Waals surface area contributed by atoms with E-state index in [1.807, 2.05) is 6.07 Å². The molecule has 1 aromatic heterocycles. The molecule has 2 N–H and O–H groups in total. The maximum Gasteiger partial charge on any atom is 0.191 e. The van der Waals surface area contributed by atoms with Crippen LogP contribution in [0.3, 0.4) is 0 Å². The number of halogens is 1. The fourth-order valence-electron chi connectivity index (χ4n) is 1.84. The van der Waals surface area contributed by atoms with Crippen molar-refractivity contribution in [2.24, 2.45) is 10.9 Å². The molecule has 0 aliphatic rings. The fourth-order valence-corrected chi connectivity index (χ4v) is 1.84. The van der Waals surface area contributed by atoms with Gasteiger partial charge in [0.1, 0.15) is 12.0 Å². The van der Waals surface area contributed by atoms with Crippen LogP contribution in [0.4, 0.5) is 0 Å². The summed E-state index contributed by atoms with van der Waals surface area (Å²) >= 11 is 0. The Morgan fingerprint density at radius 3 is 2.65 bits per heavy atom. The first-order chi connectivity index (χ1) is 9.11. The molecule has 0 bridgehead atoms. The summed E-state index contributed by atoms with van der Waals surface area (Å²) in [6.07, 6.45) is 5.24. The lowest BCUT2D eigenvalue weighted by Crippen LogP contribution is -2.41. The van der Waals surface area contributed by atoms with E-state index >= 15 is 0 Å². The Hall–Kier alpha value is -0.790. The van der Waals surface area contributed by atoms with Crippen LogP contribution in [0, 0.1) is 5.92 Å². The Labute approximate surface area is 139 Å². The van der Waals surface area contributed by atoms with Gasteiger partial charge in [0.25, 0.3) is 0 Å². The van der Waals surface area contributed by atoms with E-state index in [1.165, 1.54) is 12.8 Å². The monoisotopic (exact) mass is 394 g/mol.